The van der Waals surface area contributed by atoms with Crippen molar-refractivity contribution in [3.05, 3.63) is 27.7 Å². The van der Waals surface area contributed by atoms with E-state index in [9.17, 15) is 0 Å². The summed E-state index contributed by atoms with van der Waals surface area (Å²) in [6, 6.07) is 6.22. The standard InChI is InChI=1S/C10H11BrN2S/c1-13(2)6-10-12-8-5-7(11)3-4-9(8)14-10/h3-5H,6H2,1-2H3. The van der Waals surface area contributed by atoms with Gasteiger partial charge in [0.15, 0.2) is 0 Å². The zero-order valence-corrected chi connectivity index (χ0v) is 10.5. The molecule has 0 spiro atoms. The van der Waals surface area contributed by atoms with Crippen molar-refractivity contribution in [1.29, 1.82) is 0 Å². The molecule has 1 aromatic heterocycles. The minimum atomic E-state index is 0.914. The molecular weight excluding hydrogens is 260 g/mol. The largest absolute Gasteiger partial charge is 0.303 e. The molecule has 0 aliphatic heterocycles. The van der Waals surface area contributed by atoms with Crippen molar-refractivity contribution in [2.75, 3.05) is 14.1 Å². The number of fused-ring (bicyclic) bond motifs is 1. The van der Waals surface area contributed by atoms with Gasteiger partial charge in [0.2, 0.25) is 0 Å². The van der Waals surface area contributed by atoms with E-state index in [1.807, 2.05) is 0 Å². The maximum absolute atomic E-state index is 4.56. The Kier molecular flexibility index (Phi) is 2.85. The molecule has 0 bridgehead atoms. The molecule has 0 N–H and O–H groups in total. The summed E-state index contributed by atoms with van der Waals surface area (Å²) in [7, 11) is 4.12. The Bertz CT molecular complexity index is 450. The summed E-state index contributed by atoms with van der Waals surface area (Å²) in [5, 5.41) is 1.17. The molecule has 0 saturated heterocycles. The molecule has 0 radical (unpaired) electrons. The summed E-state index contributed by atoms with van der Waals surface area (Å²) in [5.41, 5.74) is 1.08. The number of rotatable bonds is 2. The number of hydrogen-bond acceptors (Lipinski definition) is 3. The molecule has 0 amide bonds. The zero-order valence-electron chi connectivity index (χ0n) is 8.12. The van der Waals surface area contributed by atoms with Crippen molar-refractivity contribution >= 4 is 37.5 Å². The van der Waals surface area contributed by atoms with E-state index in [-0.39, 0.29) is 0 Å². The highest BCUT2D eigenvalue weighted by Gasteiger charge is 2.04. The second-order valence-corrected chi connectivity index (χ2v) is 5.49. The third-order valence-electron chi connectivity index (χ3n) is 1.85. The Labute approximate surface area is 95.7 Å². The Morgan fingerprint density at radius 2 is 2.21 bits per heavy atom. The van der Waals surface area contributed by atoms with E-state index in [1.165, 1.54) is 9.71 Å². The second-order valence-electron chi connectivity index (χ2n) is 3.46. The van der Waals surface area contributed by atoms with Crippen molar-refractivity contribution < 1.29 is 0 Å². The smallest absolute Gasteiger partial charge is 0.108 e. The normalized spacial score (nSPS) is 11.4. The number of benzene rings is 1. The fourth-order valence-electron chi connectivity index (χ4n) is 1.29. The zero-order chi connectivity index (χ0) is 10.1. The third kappa shape index (κ3) is 2.13. The van der Waals surface area contributed by atoms with E-state index < -0.39 is 0 Å². The van der Waals surface area contributed by atoms with E-state index in [2.05, 4.69) is 58.1 Å². The Balaban J connectivity index is 2.41. The predicted molar refractivity (Wildman–Crippen MR) is 64.7 cm³/mol. The van der Waals surface area contributed by atoms with Crippen molar-refractivity contribution in [3.63, 3.8) is 0 Å². The van der Waals surface area contributed by atoms with Gasteiger partial charge in [0.1, 0.15) is 5.01 Å². The lowest BCUT2D eigenvalue weighted by molar-refractivity contribution is 0.402. The van der Waals surface area contributed by atoms with Crippen molar-refractivity contribution in [3.8, 4) is 0 Å². The summed E-state index contributed by atoms with van der Waals surface area (Å²) in [4.78, 5) is 6.69. The Morgan fingerprint density at radius 1 is 1.43 bits per heavy atom. The van der Waals surface area contributed by atoms with Crippen LogP contribution in [0.25, 0.3) is 10.2 Å². The summed E-state index contributed by atoms with van der Waals surface area (Å²) < 4.78 is 2.34. The molecular formula is C10H11BrN2S. The van der Waals surface area contributed by atoms with E-state index in [0.29, 0.717) is 0 Å². The van der Waals surface area contributed by atoms with Gasteiger partial charge in [-0.2, -0.15) is 0 Å². The van der Waals surface area contributed by atoms with Crippen LogP contribution in [-0.4, -0.2) is 24.0 Å². The van der Waals surface area contributed by atoms with Gasteiger partial charge in [-0.25, -0.2) is 4.98 Å². The molecule has 2 rings (SSSR count). The second kappa shape index (κ2) is 3.96. The average Bonchev–Trinajstić information content (AvgIpc) is 2.44. The van der Waals surface area contributed by atoms with Crippen LogP contribution >= 0.6 is 27.3 Å². The van der Waals surface area contributed by atoms with Gasteiger partial charge in [0, 0.05) is 11.0 Å². The summed E-state index contributed by atoms with van der Waals surface area (Å²) in [5.74, 6) is 0. The molecule has 1 heterocycles. The van der Waals surface area contributed by atoms with Gasteiger partial charge >= 0.3 is 0 Å². The highest BCUT2D eigenvalue weighted by Crippen LogP contribution is 2.25. The van der Waals surface area contributed by atoms with Gasteiger partial charge in [-0.1, -0.05) is 15.9 Å². The SMILES string of the molecule is CN(C)Cc1nc2cc(Br)ccc2s1. The number of thiazole rings is 1. The first-order valence-corrected chi connectivity index (χ1v) is 5.96. The first-order chi connectivity index (χ1) is 6.65. The third-order valence-corrected chi connectivity index (χ3v) is 3.36. The minimum absolute atomic E-state index is 0.914. The topological polar surface area (TPSA) is 16.1 Å². The van der Waals surface area contributed by atoms with Crippen LogP contribution in [-0.2, 0) is 6.54 Å². The van der Waals surface area contributed by atoms with Crippen molar-refractivity contribution in [2.24, 2.45) is 0 Å². The minimum Gasteiger partial charge on any atom is -0.303 e. The van der Waals surface area contributed by atoms with Gasteiger partial charge in [0.25, 0.3) is 0 Å². The first-order valence-electron chi connectivity index (χ1n) is 4.35. The molecule has 0 unspecified atom stereocenters. The van der Waals surface area contributed by atoms with E-state index in [0.717, 1.165) is 16.5 Å². The van der Waals surface area contributed by atoms with Gasteiger partial charge in [-0.3, -0.25) is 0 Å². The molecule has 4 heteroatoms. The lowest BCUT2D eigenvalue weighted by atomic mass is 10.3. The predicted octanol–water partition coefficient (Wildman–Crippen LogP) is 3.12. The van der Waals surface area contributed by atoms with E-state index >= 15 is 0 Å². The summed E-state index contributed by atoms with van der Waals surface area (Å²) in [6.45, 7) is 0.914. The maximum atomic E-state index is 4.56. The van der Waals surface area contributed by atoms with Gasteiger partial charge in [-0.05, 0) is 32.3 Å². The lowest BCUT2D eigenvalue weighted by Crippen LogP contribution is -2.09. The Morgan fingerprint density at radius 3 is 2.93 bits per heavy atom. The first kappa shape index (κ1) is 10.1. The fraction of sp³-hybridized carbons (Fsp3) is 0.300. The molecule has 0 aliphatic carbocycles. The molecule has 74 valence electrons. The summed E-state index contributed by atoms with van der Waals surface area (Å²) in [6.07, 6.45) is 0. The molecule has 0 saturated carbocycles. The highest BCUT2D eigenvalue weighted by molar-refractivity contribution is 9.10. The van der Waals surface area contributed by atoms with Crippen LogP contribution in [0, 0.1) is 0 Å². The van der Waals surface area contributed by atoms with Crippen LogP contribution in [0.5, 0.6) is 0 Å². The van der Waals surface area contributed by atoms with Crippen LogP contribution in [0.15, 0.2) is 22.7 Å². The lowest BCUT2D eigenvalue weighted by Gasteiger charge is -2.04. The molecule has 14 heavy (non-hydrogen) atoms. The quantitative estimate of drug-likeness (QED) is 0.834. The molecule has 2 nitrogen and oxygen atoms in total. The van der Waals surface area contributed by atoms with Crippen LogP contribution in [0.1, 0.15) is 5.01 Å². The molecule has 2 aromatic rings. The number of hydrogen-bond donors (Lipinski definition) is 0. The highest BCUT2D eigenvalue weighted by atomic mass is 79.9. The van der Waals surface area contributed by atoms with Crippen molar-refractivity contribution in [2.45, 2.75) is 6.54 Å². The van der Waals surface area contributed by atoms with Crippen molar-refractivity contribution in [1.82, 2.24) is 9.88 Å². The van der Waals surface area contributed by atoms with E-state index in [1.54, 1.807) is 11.3 Å². The monoisotopic (exact) mass is 270 g/mol. The molecule has 0 fully saturated rings. The summed E-state index contributed by atoms with van der Waals surface area (Å²) >= 11 is 5.21. The van der Waals surface area contributed by atoms with Gasteiger partial charge in [0.05, 0.1) is 10.2 Å². The average molecular weight is 271 g/mol. The molecule has 1 aromatic carbocycles. The number of aromatic nitrogens is 1. The van der Waals surface area contributed by atoms with Crippen LogP contribution in [0.4, 0.5) is 0 Å². The fourth-order valence-corrected chi connectivity index (χ4v) is 2.70. The van der Waals surface area contributed by atoms with Crippen LogP contribution in [0.2, 0.25) is 0 Å². The van der Waals surface area contributed by atoms with Crippen LogP contribution < -0.4 is 0 Å². The van der Waals surface area contributed by atoms with Gasteiger partial charge in [-0.15, -0.1) is 11.3 Å². The Hall–Kier alpha value is -0.450. The van der Waals surface area contributed by atoms with Crippen LogP contribution in [0.3, 0.4) is 0 Å². The van der Waals surface area contributed by atoms with E-state index in [4.69, 9.17) is 0 Å². The molecule has 0 atom stereocenters. The molecule has 0 aliphatic rings. The van der Waals surface area contributed by atoms with Gasteiger partial charge < -0.3 is 4.90 Å². The number of nitrogens with zero attached hydrogens (tertiary/aromatic N) is 2. The number of halogens is 1. The maximum Gasteiger partial charge on any atom is 0.108 e.